The summed E-state index contributed by atoms with van der Waals surface area (Å²) in [5.74, 6) is 2.28. The number of allylic oxidation sites excluding steroid dienone is 2. The first-order valence-electron chi connectivity index (χ1n) is 20.0. The van der Waals surface area contributed by atoms with E-state index in [0.717, 1.165) is 51.4 Å². The van der Waals surface area contributed by atoms with Gasteiger partial charge in [0.05, 0.1) is 5.41 Å². The number of nitrogens with one attached hydrogen (secondary N) is 1. The predicted molar refractivity (Wildman–Crippen MR) is 205 cm³/mol. The highest BCUT2D eigenvalue weighted by Gasteiger charge is 2.70. The molecule has 1 N–H and O–H groups in total. The molecule has 1 aliphatic heterocycles. The van der Waals surface area contributed by atoms with Crippen LogP contribution in [0.1, 0.15) is 113 Å². The first-order valence-corrected chi connectivity index (χ1v) is 20.4. The largest absolute Gasteiger partial charge is 0.462 e. The lowest BCUT2D eigenvalue weighted by Crippen LogP contribution is -2.66. The minimum atomic E-state index is -0.353. The molecule has 4 saturated carbocycles. The molecule has 1 aromatic rings. The summed E-state index contributed by atoms with van der Waals surface area (Å²) < 4.78 is 19.8. The van der Waals surface area contributed by atoms with Crippen LogP contribution in [-0.2, 0) is 14.3 Å². The van der Waals surface area contributed by atoms with Gasteiger partial charge in [0.1, 0.15) is 11.9 Å². The van der Waals surface area contributed by atoms with Gasteiger partial charge in [0.15, 0.2) is 5.11 Å². The summed E-state index contributed by atoms with van der Waals surface area (Å²) in [6.45, 7) is 21.6. The summed E-state index contributed by atoms with van der Waals surface area (Å²) in [5.41, 5.74) is 2.22. The first kappa shape index (κ1) is 36.9. The number of amides is 1. The number of nitrogens with zero attached hydrogens (tertiary/aromatic N) is 2. The smallest absolute Gasteiger partial charge is 0.302 e. The van der Waals surface area contributed by atoms with Gasteiger partial charge in [0, 0.05) is 44.2 Å². The average Bonchev–Trinajstić information content (AvgIpc) is 3.07. The van der Waals surface area contributed by atoms with Gasteiger partial charge in [-0.1, -0.05) is 66.2 Å². The summed E-state index contributed by atoms with van der Waals surface area (Å²) >= 11 is 5.72. The average molecular weight is 720 g/mol. The summed E-state index contributed by atoms with van der Waals surface area (Å²) in [5, 5.41) is 3.78. The second kappa shape index (κ2) is 12.8. The lowest BCUT2D eigenvalue weighted by molar-refractivity contribution is -0.213. The van der Waals surface area contributed by atoms with E-state index >= 15 is 4.79 Å². The number of anilines is 1. The van der Waals surface area contributed by atoms with Crippen molar-refractivity contribution < 1.29 is 18.7 Å². The van der Waals surface area contributed by atoms with Crippen LogP contribution in [0.3, 0.4) is 0 Å². The van der Waals surface area contributed by atoms with Crippen molar-refractivity contribution in [3.63, 3.8) is 0 Å². The molecule has 280 valence electrons. The predicted octanol–water partition coefficient (Wildman–Crippen LogP) is 9.26. The molecule has 5 aliphatic carbocycles. The van der Waals surface area contributed by atoms with Crippen molar-refractivity contribution in [3.8, 4) is 0 Å². The summed E-state index contributed by atoms with van der Waals surface area (Å²) in [6.07, 6.45) is 12.2. The third-order valence-electron chi connectivity index (χ3n) is 16.6. The van der Waals surface area contributed by atoms with Crippen LogP contribution in [0.25, 0.3) is 0 Å². The molecular weight excluding hydrogens is 658 g/mol. The van der Waals surface area contributed by atoms with Crippen LogP contribution in [-0.4, -0.2) is 59.1 Å². The molecule has 1 saturated heterocycles. The highest BCUT2D eigenvalue weighted by atomic mass is 32.1. The minimum Gasteiger partial charge on any atom is -0.462 e. The van der Waals surface area contributed by atoms with E-state index < -0.39 is 0 Å². The molecule has 0 radical (unpaired) electrons. The maximum Gasteiger partial charge on any atom is 0.302 e. The van der Waals surface area contributed by atoms with E-state index in [0.29, 0.717) is 66.6 Å². The highest BCUT2D eigenvalue weighted by Crippen LogP contribution is 2.76. The molecule has 0 unspecified atom stereocenters. The third kappa shape index (κ3) is 5.61. The highest BCUT2D eigenvalue weighted by molar-refractivity contribution is 7.80. The van der Waals surface area contributed by atoms with Crippen molar-refractivity contribution in [3.05, 3.63) is 41.7 Å². The molecule has 10 atom stereocenters. The molecule has 5 fully saturated rings. The molecule has 7 rings (SSSR count). The summed E-state index contributed by atoms with van der Waals surface area (Å²) in [4.78, 5) is 31.4. The molecule has 0 aromatic heterocycles. The first-order chi connectivity index (χ1) is 24.0. The van der Waals surface area contributed by atoms with Crippen molar-refractivity contribution in [2.45, 2.75) is 119 Å². The maximum absolute atomic E-state index is 15.1. The monoisotopic (exact) mass is 719 g/mol. The zero-order chi connectivity index (χ0) is 36.7. The van der Waals surface area contributed by atoms with Gasteiger partial charge in [0.25, 0.3) is 0 Å². The number of thiocarbonyl (C=S) groups is 1. The third-order valence-corrected chi connectivity index (χ3v) is 17.0. The Morgan fingerprint density at radius 3 is 2.29 bits per heavy atom. The fourth-order valence-electron chi connectivity index (χ4n) is 13.4. The number of fused-ring (bicyclic) bond motifs is 7. The number of benzene rings is 1. The Morgan fingerprint density at radius 1 is 0.902 bits per heavy atom. The number of carbonyl (C=O) groups excluding carboxylic acids is 2. The second-order valence-electron chi connectivity index (χ2n) is 19.0. The lowest BCUT2D eigenvalue weighted by atomic mass is 9.33. The molecule has 8 heteroatoms. The van der Waals surface area contributed by atoms with Crippen molar-refractivity contribution >= 4 is 34.9 Å². The van der Waals surface area contributed by atoms with E-state index in [9.17, 15) is 9.18 Å². The molecule has 1 aromatic carbocycles. The number of carbonyl (C=O) groups is 2. The normalized spacial score (nSPS) is 41.5. The van der Waals surface area contributed by atoms with E-state index in [-0.39, 0.29) is 50.9 Å². The number of piperazine rings is 1. The van der Waals surface area contributed by atoms with Gasteiger partial charge >= 0.3 is 5.97 Å². The zero-order valence-electron chi connectivity index (χ0n) is 32.4. The molecule has 0 spiro atoms. The van der Waals surface area contributed by atoms with Gasteiger partial charge in [-0.2, -0.15) is 0 Å². The zero-order valence-corrected chi connectivity index (χ0v) is 33.3. The van der Waals surface area contributed by atoms with E-state index in [2.05, 4.69) is 69.7 Å². The summed E-state index contributed by atoms with van der Waals surface area (Å²) in [6, 6.07) is 6.39. The van der Waals surface area contributed by atoms with Crippen molar-refractivity contribution in [1.82, 2.24) is 9.80 Å². The van der Waals surface area contributed by atoms with Crippen molar-refractivity contribution in [2.75, 3.05) is 31.5 Å². The van der Waals surface area contributed by atoms with Crippen molar-refractivity contribution in [2.24, 2.45) is 56.7 Å². The Balaban J connectivity index is 1.14. The fraction of sp³-hybridized carbons (Fsp3) is 0.744. The minimum absolute atomic E-state index is 0.0178. The standard InChI is InChI=1S/C43H62FN3O3S/c1-27-14-19-43(37(49)46-22-24-47(25-23-46)38(51)45-31-11-9-10-30(44)26-31)21-20-41(7)32(36(43)28(27)2)12-13-34-40(6)17-16-35(50-29(3)48)39(4,5)33(40)15-18-42(34,41)8/h9-12,26-28,33-36H,13-25H2,1-8H3,(H,45,51)/t27-,28+,33+,34-,35+,36+,40+,41-,42-,43+/m1/s1. The SMILES string of the molecule is CC(=O)O[C@H]1CC[C@]2(C)[C@H]3CC=C4[C@@H]5[C@@H](C)[C@H](C)CC[C@]5(C(=O)N5CCN(C(=S)Nc6cccc(F)c6)CC5)CC[C@@]4(C)[C@]3(C)CC[C@H]2C1(C)C. The van der Waals surface area contributed by atoms with Gasteiger partial charge in [-0.25, -0.2) is 4.39 Å². The van der Waals surface area contributed by atoms with E-state index in [1.807, 2.05) is 6.07 Å². The Bertz CT molecular complexity index is 1600. The number of ether oxygens (including phenoxy) is 1. The van der Waals surface area contributed by atoms with Crippen LogP contribution >= 0.6 is 12.2 Å². The quantitative estimate of drug-likeness (QED) is 0.191. The maximum atomic E-state index is 15.1. The van der Waals surface area contributed by atoms with E-state index in [1.54, 1.807) is 18.6 Å². The van der Waals surface area contributed by atoms with Gasteiger partial charge < -0.3 is 19.9 Å². The van der Waals surface area contributed by atoms with Crippen LogP contribution in [0.2, 0.25) is 0 Å². The number of rotatable bonds is 3. The van der Waals surface area contributed by atoms with E-state index in [1.165, 1.54) is 18.6 Å². The van der Waals surface area contributed by atoms with Crippen LogP contribution in [0.5, 0.6) is 0 Å². The second-order valence-corrected chi connectivity index (χ2v) is 19.4. The number of esters is 1. The lowest BCUT2D eigenvalue weighted by Gasteiger charge is -2.71. The molecule has 6 aliphatic rings. The molecule has 1 heterocycles. The van der Waals surface area contributed by atoms with Gasteiger partial charge in [-0.05, 0) is 134 Å². The number of halogens is 1. The van der Waals surface area contributed by atoms with Crippen LogP contribution in [0.4, 0.5) is 10.1 Å². The Kier molecular flexibility index (Phi) is 9.27. The molecule has 0 bridgehead atoms. The van der Waals surface area contributed by atoms with Crippen LogP contribution in [0, 0.1) is 62.5 Å². The molecule has 51 heavy (non-hydrogen) atoms. The van der Waals surface area contributed by atoms with Gasteiger partial charge in [-0.15, -0.1) is 0 Å². The Hall–Kier alpha value is -2.48. The Morgan fingerprint density at radius 2 is 1.61 bits per heavy atom. The topological polar surface area (TPSA) is 61.9 Å². The molecular formula is C43H62FN3O3S. The Labute approximate surface area is 311 Å². The van der Waals surface area contributed by atoms with Crippen LogP contribution < -0.4 is 5.32 Å². The fourth-order valence-corrected chi connectivity index (χ4v) is 13.7. The van der Waals surface area contributed by atoms with Gasteiger partial charge in [-0.3, -0.25) is 9.59 Å². The summed E-state index contributed by atoms with van der Waals surface area (Å²) in [7, 11) is 0. The van der Waals surface area contributed by atoms with E-state index in [4.69, 9.17) is 17.0 Å². The molecule has 1 amide bonds. The van der Waals surface area contributed by atoms with Crippen LogP contribution in [0.15, 0.2) is 35.9 Å². The number of hydrogen-bond donors (Lipinski definition) is 1. The van der Waals surface area contributed by atoms with Gasteiger partial charge in [0.2, 0.25) is 5.91 Å². The molecule has 6 nitrogen and oxygen atoms in total. The number of hydrogen-bond acceptors (Lipinski definition) is 4. The van der Waals surface area contributed by atoms with Crippen molar-refractivity contribution in [1.29, 1.82) is 0 Å².